The summed E-state index contributed by atoms with van der Waals surface area (Å²) in [6.07, 6.45) is 3.29. The van der Waals surface area contributed by atoms with E-state index in [0.717, 1.165) is 18.8 Å². The zero-order chi connectivity index (χ0) is 7.35. The molecule has 0 radical (unpaired) electrons. The topological polar surface area (TPSA) is 17.1 Å². The smallest absolute Gasteiger partial charge is 0.136 e. The maximum absolute atomic E-state index is 11.3. The summed E-state index contributed by atoms with van der Waals surface area (Å²) in [4.78, 5) is 11.3. The van der Waals surface area contributed by atoms with Gasteiger partial charge in [-0.05, 0) is 24.2 Å². The lowest BCUT2D eigenvalue weighted by Gasteiger charge is -2.04. The predicted octanol–water partition coefficient (Wildman–Crippen LogP) is 2.01. The van der Waals surface area contributed by atoms with Crippen molar-refractivity contribution in [1.82, 2.24) is 0 Å². The van der Waals surface area contributed by atoms with Gasteiger partial charge in [0.25, 0.3) is 0 Å². The summed E-state index contributed by atoms with van der Waals surface area (Å²) in [7, 11) is 0. The van der Waals surface area contributed by atoms with Gasteiger partial charge in [-0.15, -0.1) is 0 Å². The van der Waals surface area contributed by atoms with Crippen molar-refractivity contribution >= 4 is 5.78 Å². The summed E-state index contributed by atoms with van der Waals surface area (Å²) >= 11 is 0. The van der Waals surface area contributed by atoms with Crippen molar-refractivity contribution in [3.8, 4) is 0 Å². The molecule has 2 aliphatic rings. The molecule has 1 nitrogen and oxygen atoms in total. The highest BCUT2D eigenvalue weighted by atomic mass is 16.1. The normalized spacial score (nSPS) is 42.8. The molecule has 0 unspecified atom stereocenters. The van der Waals surface area contributed by atoms with Crippen LogP contribution in [0.15, 0.2) is 0 Å². The molecule has 56 valence electrons. The first kappa shape index (κ1) is 6.38. The first-order valence-corrected chi connectivity index (χ1v) is 4.17. The van der Waals surface area contributed by atoms with Gasteiger partial charge in [0, 0.05) is 12.3 Å². The van der Waals surface area contributed by atoms with Crippen LogP contribution in [0.4, 0.5) is 0 Å². The van der Waals surface area contributed by atoms with E-state index in [4.69, 9.17) is 0 Å². The fourth-order valence-corrected chi connectivity index (χ4v) is 2.57. The Hall–Kier alpha value is -0.330. The van der Waals surface area contributed by atoms with Crippen molar-refractivity contribution in [2.45, 2.75) is 33.1 Å². The highest BCUT2D eigenvalue weighted by Crippen LogP contribution is 2.63. The van der Waals surface area contributed by atoms with Gasteiger partial charge in [0.2, 0.25) is 0 Å². The molecule has 0 heterocycles. The van der Waals surface area contributed by atoms with Crippen LogP contribution in [0.1, 0.15) is 33.1 Å². The SMILES string of the molecule is CC1(C)[C@@H]2CCCC(=O)[C@@H]21. The molecule has 0 bridgehead atoms. The molecule has 0 N–H and O–H groups in total. The lowest BCUT2D eigenvalue weighted by atomic mass is 10.00. The highest BCUT2D eigenvalue weighted by Gasteiger charge is 2.61. The Morgan fingerprint density at radius 2 is 2.20 bits per heavy atom. The number of hydrogen-bond acceptors (Lipinski definition) is 1. The lowest BCUT2D eigenvalue weighted by molar-refractivity contribution is -0.121. The van der Waals surface area contributed by atoms with Gasteiger partial charge in [-0.3, -0.25) is 4.79 Å². The van der Waals surface area contributed by atoms with Gasteiger partial charge in [0.05, 0.1) is 0 Å². The maximum atomic E-state index is 11.3. The van der Waals surface area contributed by atoms with Crippen molar-refractivity contribution in [3.05, 3.63) is 0 Å². The standard InChI is InChI=1S/C9H14O/c1-9(2)6-4-3-5-7(10)8(6)9/h6,8H,3-5H2,1-2H3/t6-,8-/m1/s1. The van der Waals surface area contributed by atoms with Gasteiger partial charge < -0.3 is 0 Å². The van der Waals surface area contributed by atoms with Gasteiger partial charge in [-0.2, -0.15) is 0 Å². The number of carbonyl (C=O) groups is 1. The van der Waals surface area contributed by atoms with Crippen molar-refractivity contribution in [3.63, 3.8) is 0 Å². The number of ketones is 1. The Morgan fingerprint density at radius 1 is 1.50 bits per heavy atom. The number of carbonyl (C=O) groups excluding carboxylic acids is 1. The van der Waals surface area contributed by atoms with Crippen molar-refractivity contribution < 1.29 is 4.79 Å². The Bertz CT molecular complexity index is 181. The number of hydrogen-bond donors (Lipinski definition) is 0. The second kappa shape index (κ2) is 1.63. The molecule has 2 fully saturated rings. The molecule has 0 aromatic heterocycles. The number of fused-ring (bicyclic) bond motifs is 1. The van der Waals surface area contributed by atoms with Crippen LogP contribution in [-0.2, 0) is 4.79 Å². The molecule has 1 heteroatoms. The first-order valence-electron chi connectivity index (χ1n) is 4.17. The van der Waals surface area contributed by atoms with Gasteiger partial charge in [-0.25, -0.2) is 0 Å². The van der Waals surface area contributed by atoms with E-state index >= 15 is 0 Å². The number of Topliss-reactive ketones (excluding diaryl/α,β-unsaturated/α-hetero) is 1. The van der Waals surface area contributed by atoms with Gasteiger partial charge in [-0.1, -0.05) is 13.8 Å². The Balaban J connectivity index is 2.18. The first-order chi connectivity index (χ1) is 4.64. The summed E-state index contributed by atoms with van der Waals surface area (Å²) in [6.45, 7) is 4.46. The third kappa shape index (κ3) is 0.609. The monoisotopic (exact) mass is 138 g/mol. The van der Waals surface area contributed by atoms with Crippen LogP contribution >= 0.6 is 0 Å². The average Bonchev–Trinajstić information content (AvgIpc) is 2.38. The van der Waals surface area contributed by atoms with E-state index in [2.05, 4.69) is 13.8 Å². The van der Waals surface area contributed by atoms with E-state index in [0.29, 0.717) is 17.1 Å². The summed E-state index contributed by atoms with van der Waals surface area (Å²) in [5, 5.41) is 0. The van der Waals surface area contributed by atoms with E-state index in [9.17, 15) is 4.79 Å². The molecular weight excluding hydrogens is 124 g/mol. The van der Waals surface area contributed by atoms with Crippen molar-refractivity contribution in [1.29, 1.82) is 0 Å². The van der Waals surface area contributed by atoms with E-state index in [1.165, 1.54) is 6.42 Å². The van der Waals surface area contributed by atoms with E-state index in [1.807, 2.05) is 0 Å². The molecule has 10 heavy (non-hydrogen) atoms. The molecule has 0 aromatic carbocycles. The molecule has 2 atom stereocenters. The van der Waals surface area contributed by atoms with Crippen LogP contribution in [0.5, 0.6) is 0 Å². The Kier molecular flexibility index (Phi) is 1.04. The van der Waals surface area contributed by atoms with Crippen LogP contribution in [-0.4, -0.2) is 5.78 Å². The third-order valence-corrected chi connectivity index (χ3v) is 3.34. The van der Waals surface area contributed by atoms with Crippen molar-refractivity contribution in [2.24, 2.45) is 17.3 Å². The van der Waals surface area contributed by atoms with E-state index in [-0.39, 0.29) is 0 Å². The molecule has 0 aliphatic heterocycles. The quantitative estimate of drug-likeness (QED) is 0.500. The molecule has 0 spiro atoms. The average molecular weight is 138 g/mol. The van der Waals surface area contributed by atoms with E-state index < -0.39 is 0 Å². The highest BCUT2D eigenvalue weighted by molar-refractivity contribution is 5.86. The molecule has 0 amide bonds. The molecule has 0 saturated heterocycles. The van der Waals surface area contributed by atoms with Crippen LogP contribution in [0.2, 0.25) is 0 Å². The Labute approximate surface area is 61.8 Å². The van der Waals surface area contributed by atoms with Crippen LogP contribution in [0.3, 0.4) is 0 Å². The van der Waals surface area contributed by atoms with Crippen LogP contribution < -0.4 is 0 Å². The fraction of sp³-hybridized carbons (Fsp3) is 0.889. The van der Waals surface area contributed by atoms with Gasteiger partial charge >= 0.3 is 0 Å². The molecule has 2 saturated carbocycles. The fourth-order valence-electron chi connectivity index (χ4n) is 2.57. The van der Waals surface area contributed by atoms with Gasteiger partial charge in [0.1, 0.15) is 5.78 Å². The third-order valence-electron chi connectivity index (χ3n) is 3.34. The van der Waals surface area contributed by atoms with Crippen LogP contribution in [0, 0.1) is 17.3 Å². The van der Waals surface area contributed by atoms with E-state index in [1.54, 1.807) is 0 Å². The second-order valence-electron chi connectivity index (χ2n) is 4.26. The summed E-state index contributed by atoms with van der Waals surface area (Å²) in [6, 6.07) is 0. The number of rotatable bonds is 0. The molecule has 2 aliphatic carbocycles. The summed E-state index contributed by atoms with van der Waals surface area (Å²) in [5.74, 6) is 1.72. The largest absolute Gasteiger partial charge is 0.299 e. The maximum Gasteiger partial charge on any atom is 0.136 e. The van der Waals surface area contributed by atoms with Crippen LogP contribution in [0.25, 0.3) is 0 Å². The molecule has 0 aromatic rings. The molecular formula is C9H14O. The predicted molar refractivity (Wildman–Crippen MR) is 39.6 cm³/mol. The second-order valence-corrected chi connectivity index (χ2v) is 4.26. The lowest BCUT2D eigenvalue weighted by Crippen LogP contribution is -2.08. The summed E-state index contributed by atoms with van der Waals surface area (Å²) < 4.78 is 0. The minimum absolute atomic E-state index is 0.369. The Morgan fingerprint density at radius 3 is 2.70 bits per heavy atom. The zero-order valence-corrected chi connectivity index (χ0v) is 6.68. The van der Waals surface area contributed by atoms with Crippen molar-refractivity contribution in [2.75, 3.05) is 0 Å². The zero-order valence-electron chi connectivity index (χ0n) is 6.68. The molecule has 2 rings (SSSR count). The van der Waals surface area contributed by atoms with Gasteiger partial charge in [0.15, 0.2) is 0 Å². The summed E-state index contributed by atoms with van der Waals surface area (Å²) in [5.41, 5.74) is 0.369. The minimum atomic E-state index is 0.369. The minimum Gasteiger partial charge on any atom is -0.299 e.